The van der Waals surface area contributed by atoms with Crippen molar-refractivity contribution in [2.45, 2.75) is 12.8 Å². The van der Waals surface area contributed by atoms with Gasteiger partial charge < -0.3 is 10.3 Å². The van der Waals surface area contributed by atoms with Crippen molar-refractivity contribution in [2.24, 2.45) is 0 Å². The molecule has 0 aliphatic heterocycles. The van der Waals surface area contributed by atoms with Gasteiger partial charge >= 0.3 is 11.1 Å². The number of anilines is 1. The third-order valence-corrected chi connectivity index (χ3v) is 4.02. The van der Waals surface area contributed by atoms with E-state index in [0.29, 0.717) is 28.1 Å². The highest BCUT2D eigenvalue weighted by Crippen LogP contribution is 2.18. The van der Waals surface area contributed by atoms with Crippen LogP contribution >= 0.6 is 0 Å². The summed E-state index contributed by atoms with van der Waals surface area (Å²) in [6.45, 7) is 0. The molecular formula is C18H14N4O3. The van der Waals surface area contributed by atoms with Crippen LogP contribution in [0.2, 0.25) is 0 Å². The van der Waals surface area contributed by atoms with Crippen molar-refractivity contribution in [3.05, 3.63) is 75.1 Å². The molecule has 1 amide bonds. The molecule has 4 aromatic rings. The maximum Gasteiger partial charge on any atom is 0.322 e. The molecule has 0 saturated heterocycles. The molecule has 124 valence electrons. The SMILES string of the molecule is O=C(CCc1nc2cccc3[nH]c(=O)c(=O)n1c23)Nc1ccccc1. The van der Waals surface area contributed by atoms with Crippen LogP contribution in [0.1, 0.15) is 12.2 Å². The summed E-state index contributed by atoms with van der Waals surface area (Å²) in [7, 11) is 0. The molecule has 2 heterocycles. The van der Waals surface area contributed by atoms with E-state index in [9.17, 15) is 14.4 Å². The largest absolute Gasteiger partial charge is 0.326 e. The lowest BCUT2D eigenvalue weighted by Gasteiger charge is -2.04. The summed E-state index contributed by atoms with van der Waals surface area (Å²) in [5.74, 6) is 0.226. The van der Waals surface area contributed by atoms with Crippen molar-refractivity contribution >= 4 is 28.1 Å². The van der Waals surface area contributed by atoms with Gasteiger partial charge in [-0.3, -0.25) is 18.8 Å². The van der Waals surface area contributed by atoms with Crippen molar-refractivity contribution in [1.29, 1.82) is 0 Å². The first-order valence-electron chi connectivity index (χ1n) is 7.84. The molecule has 2 N–H and O–H groups in total. The standard InChI is InChI=1S/C18H14N4O3/c23-15(19-11-5-2-1-3-6-11)10-9-14-20-12-7-4-8-13-16(12)22(14)18(25)17(24)21-13/h1-8H,9-10H2,(H,19,23)(H,21,24). The molecule has 7 heteroatoms. The predicted octanol–water partition coefficient (Wildman–Crippen LogP) is 1.55. The number of aromatic nitrogens is 3. The van der Waals surface area contributed by atoms with Crippen molar-refractivity contribution in [1.82, 2.24) is 14.4 Å². The molecule has 0 fully saturated rings. The fourth-order valence-electron chi connectivity index (χ4n) is 2.91. The van der Waals surface area contributed by atoms with Gasteiger partial charge in [-0.05, 0) is 24.3 Å². The van der Waals surface area contributed by atoms with E-state index in [1.807, 2.05) is 18.2 Å². The smallest absolute Gasteiger partial charge is 0.322 e. The fourth-order valence-corrected chi connectivity index (χ4v) is 2.91. The summed E-state index contributed by atoms with van der Waals surface area (Å²) in [5.41, 5.74) is 1.07. The summed E-state index contributed by atoms with van der Waals surface area (Å²) in [4.78, 5) is 43.2. The van der Waals surface area contributed by atoms with Crippen LogP contribution in [-0.4, -0.2) is 20.3 Å². The number of imidazole rings is 1. The zero-order valence-corrected chi connectivity index (χ0v) is 13.2. The number of hydrogen-bond acceptors (Lipinski definition) is 4. The molecule has 0 spiro atoms. The second-order valence-electron chi connectivity index (χ2n) is 5.71. The molecular weight excluding hydrogens is 320 g/mol. The molecule has 7 nitrogen and oxygen atoms in total. The Morgan fingerprint density at radius 2 is 1.88 bits per heavy atom. The molecule has 0 saturated carbocycles. The highest BCUT2D eigenvalue weighted by atomic mass is 16.2. The molecule has 0 atom stereocenters. The number of aryl methyl sites for hydroxylation is 1. The van der Waals surface area contributed by atoms with Crippen LogP contribution in [0.5, 0.6) is 0 Å². The maximum atomic E-state index is 12.2. The molecule has 0 bridgehead atoms. The van der Waals surface area contributed by atoms with Gasteiger partial charge in [0.05, 0.1) is 16.6 Å². The Bertz CT molecular complexity index is 1180. The van der Waals surface area contributed by atoms with E-state index in [-0.39, 0.29) is 18.7 Å². The van der Waals surface area contributed by atoms with Gasteiger partial charge in [0.25, 0.3) is 0 Å². The van der Waals surface area contributed by atoms with E-state index in [2.05, 4.69) is 15.3 Å². The van der Waals surface area contributed by atoms with Crippen LogP contribution < -0.4 is 16.4 Å². The van der Waals surface area contributed by atoms with Crippen LogP contribution in [0.4, 0.5) is 5.69 Å². The Kier molecular flexibility index (Phi) is 3.53. The summed E-state index contributed by atoms with van der Waals surface area (Å²) < 4.78 is 1.30. The minimum Gasteiger partial charge on any atom is -0.326 e. The third-order valence-electron chi connectivity index (χ3n) is 4.02. The van der Waals surface area contributed by atoms with E-state index < -0.39 is 11.1 Å². The minimum atomic E-state index is -0.701. The molecule has 2 aromatic carbocycles. The zero-order valence-electron chi connectivity index (χ0n) is 13.2. The van der Waals surface area contributed by atoms with Gasteiger partial charge in [0.1, 0.15) is 5.82 Å². The molecule has 0 radical (unpaired) electrons. The number of aromatic amines is 1. The maximum absolute atomic E-state index is 12.2. The highest BCUT2D eigenvalue weighted by Gasteiger charge is 2.16. The molecule has 0 aliphatic rings. The lowest BCUT2D eigenvalue weighted by Crippen LogP contribution is -2.33. The average molecular weight is 334 g/mol. The lowest BCUT2D eigenvalue weighted by atomic mass is 10.2. The molecule has 25 heavy (non-hydrogen) atoms. The molecule has 0 unspecified atom stereocenters. The molecule has 2 aromatic heterocycles. The van der Waals surface area contributed by atoms with Crippen molar-refractivity contribution < 1.29 is 4.79 Å². The molecule has 0 aliphatic carbocycles. The van der Waals surface area contributed by atoms with Gasteiger partial charge in [-0.2, -0.15) is 0 Å². The van der Waals surface area contributed by atoms with Gasteiger partial charge in [-0.15, -0.1) is 0 Å². The number of H-pyrrole nitrogens is 1. The van der Waals surface area contributed by atoms with Gasteiger partial charge in [-0.25, -0.2) is 4.98 Å². The van der Waals surface area contributed by atoms with Crippen LogP contribution in [-0.2, 0) is 11.2 Å². The monoisotopic (exact) mass is 334 g/mol. The Labute approximate surface area is 141 Å². The first kappa shape index (κ1) is 15.1. The topological polar surface area (TPSA) is 96.3 Å². The quantitative estimate of drug-likeness (QED) is 0.553. The lowest BCUT2D eigenvalue weighted by molar-refractivity contribution is -0.116. The van der Waals surface area contributed by atoms with Crippen molar-refractivity contribution in [3.8, 4) is 0 Å². The van der Waals surface area contributed by atoms with E-state index >= 15 is 0 Å². The minimum absolute atomic E-state index is 0.155. The number of rotatable bonds is 4. The van der Waals surface area contributed by atoms with E-state index in [4.69, 9.17) is 0 Å². The van der Waals surface area contributed by atoms with Crippen LogP contribution in [0.15, 0.2) is 58.1 Å². The first-order valence-corrected chi connectivity index (χ1v) is 7.84. The number of nitrogens with zero attached hydrogens (tertiary/aromatic N) is 2. The van der Waals surface area contributed by atoms with Gasteiger partial charge in [0.2, 0.25) is 5.91 Å². The van der Waals surface area contributed by atoms with Gasteiger partial charge in [0.15, 0.2) is 0 Å². The normalized spacial score (nSPS) is 11.2. The first-order chi connectivity index (χ1) is 12.1. The highest BCUT2D eigenvalue weighted by molar-refractivity contribution is 5.92. The van der Waals surface area contributed by atoms with E-state index in [1.54, 1.807) is 30.3 Å². The predicted molar refractivity (Wildman–Crippen MR) is 94.2 cm³/mol. The number of amides is 1. The fraction of sp³-hybridized carbons (Fsp3) is 0.111. The number of carbonyl (C=O) groups is 1. The Morgan fingerprint density at radius 1 is 1.08 bits per heavy atom. The van der Waals surface area contributed by atoms with Gasteiger partial charge in [0, 0.05) is 18.5 Å². The Morgan fingerprint density at radius 3 is 2.68 bits per heavy atom. The van der Waals surface area contributed by atoms with E-state index in [0.717, 1.165) is 0 Å². The van der Waals surface area contributed by atoms with Crippen LogP contribution in [0, 0.1) is 0 Å². The zero-order chi connectivity index (χ0) is 17.4. The second kappa shape index (κ2) is 5.86. The number of nitrogens with one attached hydrogen (secondary N) is 2. The number of para-hydroxylation sites is 2. The summed E-state index contributed by atoms with van der Waals surface area (Å²) in [6.07, 6.45) is 0.411. The Balaban J connectivity index is 1.65. The van der Waals surface area contributed by atoms with Gasteiger partial charge in [-0.1, -0.05) is 24.3 Å². The number of carbonyl (C=O) groups excluding carboxylic acids is 1. The van der Waals surface area contributed by atoms with Crippen LogP contribution in [0.3, 0.4) is 0 Å². The van der Waals surface area contributed by atoms with Crippen LogP contribution in [0.25, 0.3) is 16.6 Å². The van der Waals surface area contributed by atoms with Crippen molar-refractivity contribution in [2.75, 3.05) is 5.32 Å². The summed E-state index contributed by atoms with van der Waals surface area (Å²) in [5, 5.41) is 2.79. The summed E-state index contributed by atoms with van der Waals surface area (Å²) >= 11 is 0. The average Bonchev–Trinajstić information content (AvgIpc) is 2.99. The summed E-state index contributed by atoms with van der Waals surface area (Å²) in [6, 6.07) is 14.4. The number of hydrogen-bond donors (Lipinski definition) is 2. The van der Waals surface area contributed by atoms with E-state index in [1.165, 1.54) is 4.40 Å². The Hall–Kier alpha value is -3.48. The third kappa shape index (κ3) is 2.65. The second-order valence-corrected chi connectivity index (χ2v) is 5.71. The molecule has 4 rings (SSSR count). The number of benzene rings is 2. The van der Waals surface area contributed by atoms with Crippen molar-refractivity contribution in [3.63, 3.8) is 0 Å².